The molecular formula is C58H34N4S2. The Labute approximate surface area is 376 Å². The number of benzene rings is 8. The van der Waals surface area contributed by atoms with Crippen molar-refractivity contribution in [2.75, 3.05) is 0 Å². The maximum atomic E-state index is 5.35. The lowest BCUT2D eigenvalue weighted by Gasteiger charge is -2.14. The number of fused-ring (bicyclic) bond motifs is 9. The molecule has 8 aromatic carbocycles. The number of hydrogen-bond donors (Lipinski definition) is 0. The van der Waals surface area contributed by atoms with Gasteiger partial charge in [0.25, 0.3) is 0 Å². The van der Waals surface area contributed by atoms with E-state index in [1.54, 1.807) is 0 Å². The molecule has 64 heavy (non-hydrogen) atoms. The molecule has 4 nitrogen and oxygen atoms in total. The Balaban J connectivity index is 1.000. The zero-order valence-electron chi connectivity index (χ0n) is 34.2. The molecule has 0 radical (unpaired) electrons. The van der Waals surface area contributed by atoms with Gasteiger partial charge < -0.3 is 0 Å². The summed E-state index contributed by atoms with van der Waals surface area (Å²) in [6, 6.07) is 71.6. The number of pyridine rings is 2. The van der Waals surface area contributed by atoms with Crippen molar-refractivity contribution < 1.29 is 0 Å². The zero-order chi connectivity index (χ0) is 42.1. The Hall–Kier alpha value is -7.90. The van der Waals surface area contributed by atoms with Crippen LogP contribution in [0.4, 0.5) is 0 Å². The molecule has 0 amide bonds. The van der Waals surface area contributed by atoms with Gasteiger partial charge in [-0.15, -0.1) is 22.7 Å². The largest absolute Gasteiger partial charge is 0.254 e. The molecule has 0 spiro atoms. The first-order chi connectivity index (χ1) is 31.6. The van der Waals surface area contributed by atoms with Gasteiger partial charge in [0.05, 0.1) is 28.1 Å². The smallest absolute Gasteiger partial charge is 0.160 e. The lowest BCUT2D eigenvalue weighted by Crippen LogP contribution is -1.97. The standard InChI is InChI=1S/C58H34N4S2/c1-2-10-37(11-3-1)58-61-50(41-13-8-12-40(28-41)49-24-21-36-20-19-35-14-9-27-59-56(35)57(36)60-49)34-51(62-58)44-30-42(38-22-25-54-47(32-38)45-15-4-6-17-52(45)63-54)29-43(31-44)39-23-26-55-48(33-39)46-16-5-7-18-53(46)64-55/h1-34H. The molecule has 0 saturated heterocycles. The topological polar surface area (TPSA) is 51.6 Å². The van der Waals surface area contributed by atoms with Gasteiger partial charge in [0.15, 0.2) is 5.82 Å². The molecule has 298 valence electrons. The Morgan fingerprint density at radius 2 is 0.812 bits per heavy atom. The highest BCUT2D eigenvalue weighted by atomic mass is 32.1. The average Bonchev–Trinajstić information content (AvgIpc) is 3.94. The van der Waals surface area contributed by atoms with E-state index < -0.39 is 0 Å². The molecule has 6 heteroatoms. The molecule has 0 aliphatic carbocycles. The number of aromatic nitrogens is 4. The monoisotopic (exact) mass is 850 g/mol. The summed E-state index contributed by atoms with van der Waals surface area (Å²) in [5.41, 5.74) is 12.9. The van der Waals surface area contributed by atoms with Gasteiger partial charge in [0, 0.05) is 79.6 Å². The van der Waals surface area contributed by atoms with E-state index >= 15 is 0 Å². The van der Waals surface area contributed by atoms with E-state index in [0.717, 1.165) is 83.4 Å². The van der Waals surface area contributed by atoms with Crippen molar-refractivity contribution in [2.24, 2.45) is 0 Å². The van der Waals surface area contributed by atoms with Crippen molar-refractivity contribution in [1.82, 2.24) is 19.9 Å². The summed E-state index contributed by atoms with van der Waals surface area (Å²) in [4.78, 5) is 20.5. The van der Waals surface area contributed by atoms with Crippen LogP contribution in [0.3, 0.4) is 0 Å². The summed E-state index contributed by atoms with van der Waals surface area (Å²) < 4.78 is 5.17. The minimum atomic E-state index is 0.671. The van der Waals surface area contributed by atoms with E-state index in [2.05, 4.69) is 176 Å². The number of rotatable bonds is 6. The number of hydrogen-bond acceptors (Lipinski definition) is 6. The molecule has 0 saturated carbocycles. The van der Waals surface area contributed by atoms with Crippen LogP contribution in [0.2, 0.25) is 0 Å². The van der Waals surface area contributed by atoms with Gasteiger partial charge in [-0.2, -0.15) is 0 Å². The Kier molecular flexibility index (Phi) is 8.54. The molecule has 0 unspecified atom stereocenters. The van der Waals surface area contributed by atoms with Gasteiger partial charge in [-0.05, 0) is 101 Å². The number of nitrogens with zero attached hydrogens (tertiary/aromatic N) is 4. The second kappa shape index (κ2) is 14.9. The molecule has 0 aliphatic rings. The molecule has 0 atom stereocenters. The van der Waals surface area contributed by atoms with Crippen LogP contribution in [0.5, 0.6) is 0 Å². The van der Waals surface area contributed by atoms with Crippen molar-refractivity contribution in [3.63, 3.8) is 0 Å². The van der Waals surface area contributed by atoms with Gasteiger partial charge in [0.1, 0.15) is 0 Å². The summed E-state index contributed by atoms with van der Waals surface area (Å²) in [6.45, 7) is 0. The van der Waals surface area contributed by atoms with E-state index in [0.29, 0.717) is 5.82 Å². The first-order valence-corrected chi connectivity index (χ1v) is 23.0. The first-order valence-electron chi connectivity index (χ1n) is 21.3. The van der Waals surface area contributed by atoms with Crippen molar-refractivity contribution in [3.05, 3.63) is 206 Å². The molecule has 13 aromatic rings. The second-order valence-corrected chi connectivity index (χ2v) is 18.4. The van der Waals surface area contributed by atoms with Gasteiger partial charge in [-0.25, -0.2) is 15.0 Å². The van der Waals surface area contributed by atoms with E-state index in [4.69, 9.17) is 19.9 Å². The highest BCUT2D eigenvalue weighted by Gasteiger charge is 2.17. The third-order valence-corrected chi connectivity index (χ3v) is 14.6. The molecule has 0 bridgehead atoms. The fraction of sp³-hybridized carbons (Fsp3) is 0. The van der Waals surface area contributed by atoms with E-state index in [1.165, 1.54) is 40.3 Å². The first kappa shape index (κ1) is 36.7. The predicted molar refractivity (Wildman–Crippen MR) is 271 cm³/mol. The minimum absolute atomic E-state index is 0.671. The molecular weight excluding hydrogens is 817 g/mol. The van der Waals surface area contributed by atoms with Gasteiger partial charge in [-0.3, -0.25) is 4.98 Å². The molecule has 0 N–H and O–H groups in total. The lowest BCUT2D eigenvalue weighted by molar-refractivity contribution is 1.18. The molecule has 0 aliphatic heterocycles. The highest BCUT2D eigenvalue weighted by Crippen LogP contribution is 2.41. The average molecular weight is 851 g/mol. The summed E-state index contributed by atoms with van der Waals surface area (Å²) >= 11 is 3.69. The van der Waals surface area contributed by atoms with E-state index in [9.17, 15) is 0 Å². The third-order valence-electron chi connectivity index (χ3n) is 12.3. The molecule has 0 fully saturated rings. The van der Waals surface area contributed by atoms with Gasteiger partial charge in [0.2, 0.25) is 0 Å². The molecule has 5 aromatic heterocycles. The van der Waals surface area contributed by atoms with Crippen molar-refractivity contribution >= 4 is 84.8 Å². The van der Waals surface area contributed by atoms with Crippen LogP contribution >= 0.6 is 22.7 Å². The van der Waals surface area contributed by atoms with Crippen molar-refractivity contribution in [2.45, 2.75) is 0 Å². The van der Waals surface area contributed by atoms with Crippen LogP contribution in [-0.2, 0) is 0 Å². The Morgan fingerprint density at radius 3 is 1.50 bits per heavy atom. The Bertz CT molecular complexity index is 3850. The van der Waals surface area contributed by atoms with Crippen LogP contribution in [0.25, 0.3) is 130 Å². The molecule has 5 heterocycles. The van der Waals surface area contributed by atoms with Gasteiger partial charge >= 0.3 is 0 Å². The second-order valence-electron chi connectivity index (χ2n) is 16.2. The van der Waals surface area contributed by atoms with Crippen molar-refractivity contribution in [3.8, 4) is 67.4 Å². The fourth-order valence-corrected chi connectivity index (χ4v) is 11.3. The fourth-order valence-electron chi connectivity index (χ4n) is 9.10. The quantitative estimate of drug-likeness (QED) is 0.156. The van der Waals surface area contributed by atoms with Crippen LogP contribution in [0.1, 0.15) is 0 Å². The van der Waals surface area contributed by atoms with Crippen molar-refractivity contribution in [1.29, 1.82) is 0 Å². The number of thiophene rings is 2. The van der Waals surface area contributed by atoms with Crippen LogP contribution < -0.4 is 0 Å². The summed E-state index contributed by atoms with van der Waals surface area (Å²) in [7, 11) is 0. The normalized spacial score (nSPS) is 11.8. The SMILES string of the molecule is c1ccc(-c2nc(-c3cc(-c4ccc5sc6ccccc6c5c4)cc(-c4ccc5sc6ccccc6c5c4)c3)cc(-c3cccc(-c4ccc5ccc6cccnc6c5n4)c3)n2)cc1. The summed E-state index contributed by atoms with van der Waals surface area (Å²) in [6.07, 6.45) is 1.83. The maximum Gasteiger partial charge on any atom is 0.160 e. The van der Waals surface area contributed by atoms with Crippen LogP contribution in [-0.4, -0.2) is 19.9 Å². The van der Waals surface area contributed by atoms with E-state index in [-0.39, 0.29) is 0 Å². The summed E-state index contributed by atoms with van der Waals surface area (Å²) in [5.74, 6) is 0.671. The van der Waals surface area contributed by atoms with Crippen LogP contribution in [0, 0.1) is 0 Å². The minimum Gasteiger partial charge on any atom is -0.254 e. The molecule has 13 rings (SSSR count). The van der Waals surface area contributed by atoms with E-state index in [1.807, 2.05) is 53.1 Å². The summed E-state index contributed by atoms with van der Waals surface area (Å²) in [5, 5.41) is 7.26. The Morgan fingerprint density at radius 1 is 0.281 bits per heavy atom. The zero-order valence-corrected chi connectivity index (χ0v) is 35.9. The van der Waals surface area contributed by atoms with Crippen LogP contribution in [0.15, 0.2) is 206 Å². The predicted octanol–water partition coefficient (Wildman–Crippen LogP) is 16.3. The lowest BCUT2D eigenvalue weighted by atomic mass is 9.93. The highest BCUT2D eigenvalue weighted by molar-refractivity contribution is 7.26. The maximum absolute atomic E-state index is 5.35. The third kappa shape index (κ3) is 6.34. The van der Waals surface area contributed by atoms with Gasteiger partial charge in [-0.1, -0.05) is 121 Å².